The molecular formula is C28H28BrN5O2S. The van der Waals surface area contributed by atoms with E-state index in [1.165, 1.54) is 17.4 Å². The van der Waals surface area contributed by atoms with Crippen molar-refractivity contribution in [2.45, 2.75) is 19.0 Å². The molecule has 7 nitrogen and oxygen atoms in total. The van der Waals surface area contributed by atoms with Crippen LogP contribution in [0, 0.1) is 13.8 Å². The maximum atomic E-state index is 13.1. The van der Waals surface area contributed by atoms with Crippen LogP contribution in [0.3, 0.4) is 0 Å². The minimum Gasteiger partial charge on any atom is -0.507 e. The number of phenols is 1. The Labute approximate surface area is 229 Å². The summed E-state index contributed by atoms with van der Waals surface area (Å²) in [6.45, 7) is 7.09. The summed E-state index contributed by atoms with van der Waals surface area (Å²) in [5.41, 5.74) is 4.88. The SMILES string of the molecule is Cc1ccc(-n2c(SCC(=O)N3CCN(c4ccccc4)CC3)nnc2-c2cc(Br)ccc2O)c(C)c1. The number of aryl methyl sites for hydroxylation is 2. The van der Waals surface area contributed by atoms with Crippen LogP contribution >= 0.6 is 27.7 Å². The van der Waals surface area contributed by atoms with Crippen molar-refractivity contribution < 1.29 is 9.90 Å². The average molecular weight is 579 g/mol. The van der Waals surface area contributed by atoms with E-state index in [0.29, 0.717) is 29.6 Å². The molecule has 5 rings (SSSR count). The molecular weight excluding hydrogens is 550 g/mol. The highest BCUT2D eigenvalue weighted by Crippen LogP contribution is 2.35. The molecule has 9 heteroatoms. The van der Waals surface area contributed by atoms with Crippen LogP contribution in [-0.4, -0.2) is 62.6 Å². The van der Waals surface area contributed by atoms with Crippen LogP contribution in [0.15, 0.2) is 76.4 Å². The third-order valence-corrected chi connectivity index (χ3v) is 7.91. The Bertz CT molecular complexity index is 1420. The molecule has 0 radical (unpaired) electrons. The molecule has 1 saturated heterocycles. The van der Waals surface area contributed by atoms with Gasteiger partial charge in [-0.15, -0.1) is 10.2 Å². The molecule has 0 unspecified atom stereocenters. The number of carbonyl (C=O) groups is 1. The molecule has 0 atom stereocenters. The molecule has 37 heavy (non-hydrogen) atoms. The largest absolute Gasteiger partial charge is 0.507 e. The first-order valence-corrected chi connectivity index (χ1v) is 13.9. The van der Waals surface area contributed by atoms with E-state index in [9.17, 15) is 9.90 Å². The van der Waals surface area contributed by atoms with Gasteiger partial charge in [-0.3, -0.25) is 9.36 Å². The van der Waals surface area contributed by atoms with E-state index in [1.807, 2.05) is 52.8 Å². The molecule has 0 saturated carbocycles. The summed E-state index contributed by atoms with van der Waals surface area (Å²) in [5, 5.41) is 20.1. The fourth-order valence-electron chi connectivity index (χ4n) is 4.57. The highest BCUT2D eigenvalue weighted by molar-refractivity contribution is 9.10. The van der Waals surface area contributed by atoms with Crippen LogP contribution in [-0.2, 0) is 4.79 Å². The Morgan fingerprint density at radius 2 is 1.73 bits per heavy atom. The number of aromatic hydroxyl groups is 1. The molecule has 1 aliphatic heterocycles. The summed E-state index contributed by atoms with van der Waals surface area (Å²) in [4.78, 5) is 17.4. The first kappa shape index (κ1) is 25.4. The van der Waals surface area contributed by atoms with Crippen molar-refractivity contribution >= 4 is 39.3 Å². The highest BCUT2D eigenvalue weighted by Gasteiger charge is 2.24. The fraction of sp³-hybridized carbons (Fsp3) is 0.250. The van der Waals surface area contributed by atoms with Gasteiger partial charge in [0.1, 0.15) is 5.75 Å². The van der Waals surface area contributed by atoms with Gasteiger partial charge in [0.15, 0.2) is 11.0 Å². The molecule has 0 bridgehead atoms. The van der Waals surface area contributed by atoms with Gasteiger partial charge in [0.25, 0.3) is 0 Å². The van der Waals surface area contributed by atoms with Crippen LogP contribution in [0.2, 0.25) is 0 Å². The minimum absolute atomic E-state index is 0.0831. The van der Waals surface area contributed by atoms with E-state index in [4.69, 9.17) is 0 Å². The van der Waals surface area contributed by atoms with Gasteiger partial charge in [-0.25, -0.2) is 0 Å². The van der Waals surface area contributed by atoms with Crippen molar-refractivity contribution in [1.29, 1.82) is 0 Å². The number of amides is 1. The maximum absolute atomic E-state index is 13.1. The number of anilines is 1. The van der Waals surface area contributed by atoms with Gasteiger partial charge in [-0.05, 0) is 55.8 Å². The average Bonchev–Trinajstić information content (AvgIpc) is 3.32. The molecule has 1 fully saturated rings. The molecule has 1 N–H and O–H groups in total. The minimum atomic E-state index is 0.0831. The Morgan fingerprint density at radius 3 is 2.46 bits per heavy atom. The summed E-state index contributed by atoms with van der Waals surface area (Å²) >= 11 is 4.86. The van der Waals surface area contributed by atoms with Crippen molar-refractivity contribution in [1.82, 2.24) is 19.7 Å². The second kappa shape index (κ2) is 11.0. The number of hydrogen-bond donors (Lipinski definition) is 1. The van der Waals surface area contributed by atoms with Crippen molar-refractivity contribution in [3.05, 3.63) is 82.3 Å². The Kier molecular flexibility index (Phi) is 7.53. The number of benzene rings is 3. The smallest absolute Gasteiger partial charge is 0.233 e. The van der Waals surface area contributed by atoms with Gasteiger partial charge < -0.3 is 14.9 Å². The van der Waals surface area contributed by atoms with Gasteiger partial charge in [-0.2, -0.15) is 0 Å². The molecule has 2 heterocycles. The van der Waals surface area contributed by atoms with Crippen molar-refractivity contribution in [2.24, 2.45) is 0 Å². The molecule has 3 aromatic carbocycles. The molecule has 0 aliphatic carbocycles. The first-order chi connectivity index (χ1) is 17.9. The lowest BCUT2D eigenvalue weighted by Gasteiger charge is -2.36. The van der Waals surface area contributed by atoms with E-state index in [1.54, 1.807) is 12.1 Å². The van der Waals surface area contributed by atoms with E-state index >= 15 is 0 Å². The van der Waals surface area contributed by atoms with E-state index in [-0.39, 0.29) is 17.4 Å². The standard InChI is InChI=1S/C28H28BrN5O2S/c1-19-8-10-24(20(2)16-19)34-27(23-17-21(29)9-11-25(23)35)30-31-28(34)37-18-26(36)33-14-12-32(13-15-33)22-6-4-3-5-7-22/h3-11,16-17,35H,12-15,18H2,1-2H3. The summed E-state index contributed by atoms with van der Waals surface area (Å²) in [5.74, 6) is 0.987. The zero-order chi connectivity index (χ0) is 25.9. The van der Waals surface area contributed by atoms with Gasteiger partial charge in [0.2, 0.25) is 5.91 Å². The van der Waals surface area contributed by atoms with Crippen molar-refractivity contribution in [3.63, 3.8) is 0 Å². The lowest BCUT2D eigenvalue weighted by Crippen LogP contribution is -2.49. The Morgan fingerprint density at radius 1 is 0.973 bits per heavy atom. The molecule has 1 amide bonds. The number of halogens is 1. The lowest BCUT2D eigenvalue weighted by molar-refractivity contribution is -0.128. The number of para-hydroxylation sites is 1. The maximum Gasteiger partial charge on any atom is 0.233 e. The predicted octanol–water partition coefficient (Wildman–Crippen LogP) is 5.46. The summed E-state index contributed by atoms with van der Waals surface area (Å²) < 4.78 is 2.76. The monoisotopic (exact) mass is 577 g/mol. The number of thioether (sulfide) groups is 1. The third kappa shape index (κ3) is 5.52. The summed E-state index contributed by atoms with van der Waals surface area (Å²) in [6.07, 6.45) is 0. The van der Waals surface area contributed by atoms with Crippen LogP contribution in [0.5, 0.6) is 5.75 Å². The van der Waals surface area contributed by atoms with Gasteiger partial charge in [0, 0.05) is 36.3 Å². The second-order valence-corrected chi connectivity index (χ2v) is 10.9. The van der Waals surface area contributed by atoms with Gasteiger partial charge in [-0.1, -0.05) is 63.6 Å². The fourth-order valence-corrected chi connectivity index (χ4v) is 5.78. The number of nitrogens with zero attached hydrogens (tertiary/aromatic N) is 5. The number of phenolic OH excluding ortho intramolecular Hbond substituents is 1. The third-order valence-electron chi connectivity index (χ3n) is 6.50. The van der Waals surface area contributed by atoms with Gasteiger partial charge >= 0.3 is 0 Å². The normalized spacial score (nSPS) is 13.7. The lowest BCUT2D eigenvalue weighted by atomic mass is 10.1. The molecule has 1 aromatic heterocycles. The number of carbonyl (C=O) groups excluding carboxylic acids is 1. The number of aromatic nitrogens is 3. The van der Waals surface area contributed by atoms with Crippen LogP contribution in [0.25, 0.3) is 17.1 Å². The topological polar surface area (TPSA) is 74.5 Å². The predicted molar refractivity (Wildman–Crippen MR) is 152 cm³/mol. The van der Waals surface area contributed by atoms with E-state index in [2.05, 4.69) is 56.2 Å². The quantitative estimate of drug-likeness (QED) is 0.307. The van der Waals surface area contributed by atoms with Gasteiger partial charge in [0.05, 0.1) is 17.0 Å². The molecule has 4 aromatic rings. The zero-order valence-corrected chi connectivity index (χ0v) is 23.2. The van der Waals surface area contributed by atoms with E-state index in [0.717, 1.165) is 34.4 Å². The number of rotatable bonds is 6. The van der Waals surface area contributed by atoms with Crippen LogP contribution in [0.1, 0.15) is 11.1 Å². The second-order valence-electron chi connectivity index (χ2n) is 9.09. The number of hydrogen-bond acceptors (Lipinski definition) is 6. The summed E-state index contributed by atoms with van der Waals surface area (Å²) in [6, 6.07) is 21.7. The van der Waals surface area contributed by atoms with Crippen molar-refractivity contribution in [2.75, 3.05) is 36.8 Å². The summed E-state index contributed by atoms with van der Waals surface area (Å²) in [7, 11) is 0. The Balaban J connectivity index is 1.36. The van der Waals surface area contributed by atoms with Crippen LogP contribution < -0.4 is 4.90 Å². The zero-order valence-electron chi connectivity index (χ0n) is 20.8. The molecule has 0 spiro atoms. The van der Waals surface area contributed by atoms with Crippen molar-refractivity contribution in [3.8, 4) is 22.8 Å². The highest BCUT2D eigenvalue weighted by atomic mass is 79.9. The molecule has 1 aliphatic rings. The van der Waals surface area contributed by atoms with Crippen LogP contribution in [0.4, 0.5) is 5.69 Å². The molecule has 190 valence electrons. The Hall–Kier alpha value is -3.30. The first-order valence-electron chi connectivity index (χ1n) is 12.1. The van der Waals surface area contributed by atoms with E-state index < -0.39 is 0 Å². The number of piperazine rings is 1.